The van der Waals surface area contributed by atoms with Gasteiger partial charge in [-0.15, -0.1) is 0 Å². The smallest absolute Gasteiger partial charge is 0.115 e. The largest absolute Gasteiger partial charge is 0.508 e. The van der Waals surface area contributed by atoms with Gasteiger partial charge in [0.05, 0.1) is 0 Å². The maximum absolute atomic E-state index is 9.70. The lowest BCUT2D eigenvalue weighted by molar-refractivity contribution is 0.182. The monoisotopic (exact) mass is 398 g/mol. The predicted octanol–water partition coefficient (Wildman–Crippen LogP) is 8.61. The molecule has 1 nitrogen and oxygen atoms in total. The van der Waals surface area contributed by atoms with Crippen LogP contribution in [0.2, 0.25) is 0 Å². The Hall–Kier alpha value is -0.980. The summed E-state index contributed by atoms with van der Waals surface area (Å²) in [5.74, 6) is 3.31. The standard InChI is InChI=1S/C28H46O/c1-2-3-4-5-6-7-8-9-10-11-12-23-13-15-24(16-14-23)25-17-18-27-22-28(29)20-19-26(27)21-25/h19-20,22-25,29H,2-18,21H2,1H3. The molecule has 0 radical (unpaired) electrons. The third-order valence-electron chi connectivity index (χ3n) is 7.98. The number of benzene rings is 1. The molecule has 0 aromatic heterocycles. The van der Waals surface area contributed by atoms with Crippen LogP contribution in [0, 0.1) is 17.8 Å². The van der Waals surface area contributed by atoms with Gasteiger partial charge in [0.25, 0.3) is 0 Å². The van der Waals surface area contributed by atoms with Gasteiger partial charge in [-0.05, 0) is 73.1 Å². The molecule has 1 unspecified atom stereocenters. The summed E-state index contributed by atoms with van der Waals surface area (Å²) in [6.45, 7) is 2.30. The third-order valence-corrected chi connectivity index (χ3v) is 7.98. The van der Waals surface area contributed by atoms with Crippen molar-refractivity contribution in [3.05, 3.63) is 29.3 Å². The molecule has 29 heavy (non-hydrogen) atoms. The van der Waals surface area contributed by atoms with Gasteiger partial charge in [0.2, 0.25) is 0 Å². The minimum Gasteiger partial charge on any atom is -0.508 e. The molecule has 3 rings (SSSR count). The van der Waals surface area contributed by atoms with Crippen molar-refractivity contribution >= 4 is 0 Å². The summed E-state index contributed by atoms with van der Waals surface area (Å²) in [5.41, 5.74) is 2.91. The molecule has 2 aliphatic carbocycles. The molecule has 0 aliphatic heterocycles. The van der Waals surface area contributed by atoms with Gasteiger partial charge in [0, 0.05) is 0 Å². The van der Waals surface area contributed by atoms with Crippen LogP contribution in [0.3, 0.4) is 0 Å². The van der Waals surface area contributed by atoms with Crippen molar-refractivity contribution in [3.63, 3.8) is 0 Å². The lowest BCUT2D eigenvalue weighted by Gasteiger charge is -2.36. The zero-order valence-electron chi connectivity index (χ0n) is 19.1. The first-order valence-electron chi connectivity index (χ1n) is 13.1. The van der Waals surface area contributed by atoms with Gasteiger partial charge in [-0.25, -0.2) is 0 Å². The van der Waals surface area contributed by atoms with E-state index in [2.05, 4.69) is 13.0 Å². The average Bonchev–Trinajstić information content (AvgIpc) is 2.75. The molecule has 0 heterocycles. The van der Waals surface area contributed by atoms with Crippen molar-refractivity contribution in [3.8, 4) is 5.75 Å². The first kappa shape index (κ1) is 22.7. The van der Waals surface area contributed by atoms with Crippen LogP contribution in [0.5, 0.6) is 5.75 Å². The average molecular weight is 399 g/mol. The van der Waals surface area contributed by atoms with Crippen molar-refractivity contribution in [1.29, 1.82) is 0 Å². The summed E-state index contributed by atoms with van der Waals surface area (Å²) in [5, 5.41) is 9.70. The summed E-state index contributed by atoms with van der Waals surface area (Å²) < 4.78 is 0. The Kier molecular flexibility index (Phi) is 9.91. The second-order valence-corrected chi connectivity index (χ2v) is 10.2. The van der Waals surface area contributed by atoms with Crippen LogP contribution in [0.25, 0.3) is 0 Å². The molecule has 1 atom stereocenters. The van der Waals surface area contributed by atoms with Gasteiger partial charge >= 0.3 is 0 Å². The highest BCUT2D eigenvalue weighted by Gasteiger charge is 2.30. The maximum atomic E-state index is 9.70. The van der Waals surface area contributed by atoms with E-state index in [1.807, 2.05) is 12.1 Å². The summed E-state index contributed by atoms with van der Waals surface area (Å²) in [7, 11) is 0. The van der Waals surface area contributed by atoms with E-state index in [1.54, 1.807) is 0 Å². The zero-order valence-corrected chi connectivity index (χ0v) is 19.1. The molecule has 164 valence electrons. The second kappa shape index (κ2) is 12.7. The van der Waals surface area contributed by atoms with Crippen LogP contribution in [0.15, 0.2) is 18.2 Å². The number of rotatable bonds is 12. The highest BCUT2D eigenvalue weighted by atomic mass is 16.3. The van der Waals surface area contributed by atoms with Gasteiger partial charge < -0.3 is 5.11 Å². The van der Waals surface area contributed by atoms with Gasteiger partial charge in [-0.2, -0.15) is 0 Å². The van der Waals surface area contributed by atoms with Crippen molar-refractivity contribution in [2.45, 2.75) is 122 Å². The van der Waals surface area contributed by atoms with Gasteiger partial charge in [0.15, 0.2) is 0 Å². The third kappa shape index (κ3) is 7.65. The van der Waals surface area contributed by atoms with Crippen LogP contribution in [-0.2, 0) is 12.8 Å². The Balaban J connectivity index is 1.23. The van der Waals surface area contributed by atoms with E-state index in [9.17, 15) is 5.11 Å². The molecule has 1 saturated carbocycles. The number of phenols is 1. The normalized spacial score (nSPS) is 24.4. The zero-order chi connectivity index (χ0) is 20.3. The molecule has 0 amide bonds. The van der Waals surface area contributed by atoms with Crippen LogP contribution in [0.4, 0.5) is 0 Å². The van der Waals surface area contributed by atoms with Crippen molar-refractivity contribution in [2.24, 2.45) is 17.8 Å². The number of aryl methyl sites for hydroxylation is 1. The number of unbranched alkanes of at least 4 members (excludes halogenated alkanes) is 9. The van der Waals surface area contributed by atoms with Crippen molar-refractivity contribution in [1.82, 2.24) is 0 Å². The minimum atomic E-state index is 0.440. The van der Waals surface area contributed by atoms with E-state index in [-0.39, 0.29) is 0 Å². The van der Waals surface area contributed by atoms with E-state index in [1.165, 1.54) is 127 Å². The van der Waals surface area contributed by atoms with Crippen LogP contribution in [-0.4, -0.2) is 5.11 Å². The first-order chi connectivity index (χ1) is 14.3. The SMILES string of the molecule is CCCCCCCCCCCCC1CCC(C2CCc3cc(O)ccc3C2)CC1. The fourth-order valence-corrected chi connectivity index (χ4v) is 6.04. The highest BCUT2D eigenvalue weighted by molar-refractivity contribution is 5.36. The van der Waals surface area contributed by atoms with Crippen LogP contribution in [0.1, 0.15) is 121 Å². The lowest BCUT2D eigenvalue weighted by Crippen LogP contribution is -2.26. The van der Waals surface area contributed by atoms with E-state index in [0.717, 1.165) is 17.8 Å². The molecule has 0 bridgehead atoms. The molecule has 1 fully saturated rings. The first-order valence-corrected chi connectivity index (χ1v) is 13.1. The van der Waals surface area contributed by atoms with Gasteiger partial charge in [-0.1, -0.05) is 96.5 Å². The fraction of sp³-hybridized carbons (Fsp3) is 0.786. The molecule has 1 heteroatoms. The fourth-order valence-electron chi connectivity index (χ4n) is 6.04. The number of hydrogen-bond donors (Lipinski definition) is 1. The Morgan fingerprint density at radius 1 is 0.724 bits per heavy atom. The number of aromatic hydroxyl groups is 1. The summed E-state index contributed by atoms with van der Waals surface area (Å²) in [6.07, 6.45) is 25.7. The quantitative estimate of drug-likeness (QED) is 0.349. The summed E-state index contributed by atoms with van der Waals surface area (Å²) >= 11 is 0. The Morgan fingerprint density at radius 3 is 2.07 bits per heavy atom. The second-order valence-electron chi connectivity index (χ2n) is 10.2. The van der Waals surface area contributed by atoms with Gasteiger partial charge in [0.1, 0.15) is 5.75 Å². The Labute approximate surface area is 180 Å². The molecular weight excluding hydrogens is 352 g/mol. The lowest BCUT2D eigenvalue weighted by atomic mass is 9.69. The van der Waals surface area contributed by atoms with E-state index in [4.69, 9.17) is 0 Å². The molecule has 1 N–H and O–H groups in total. The van der Waals surface area contributed by atoms with Crippen LogP contribution >= 0.6 is 0 Å². The summed E-state index contributed by atoms with van der Waals surface area (Å²) in [6, 6.07) is 6.05. The molecule has 2 aliphatic rings. The highest BCUT2D eigenvalue weighted by Crippen LogP contribution is 2.41. The summed E-state index contributed by atoms with van der Waals surface area (Å²) in [4.78, 5) is 0. The van der Waals surface area contributed by atoms with Crippen molar-refractivity contribution < 1.29 is 5.11 Å². The molecule has 1 aromatic rings. The number of hydrogen-bond acceptors (Lipinski definition) is 1. The van der Waals surface area contributed by atoms with Crippen LogP contribution < -0.4 is 0 Å². The Bertz CT molecular complexity index is 570. The molecular formula is C28H46O. The van der Waals surface area contributed by atoms with Crippen molar-refractivity contribution in [2.75, 3.05) is 0 Å². The molecule has 0 spiro atoms. The number of fused-ring (bicyclic) bond motifs is 1. The van der Waals surface area contributed by atoms with E-state index < -0.39 is 0 Å². The van der Waals surface area contributed by atoms with Gasteiger partial charge in [-0.3, -0.25) is 0 Å². The minimum absolute atomic E-state index is 0.440. The maximum Gasteiger partial charge on any atom is 0.115 e. The number of phenolic OH excluding ortho intramolecular Hbond substituents is 1. The van der Waals surface area contributed by atoms with E-state index >= 15 is 0 Å². The molecule has 0 saturated heterocycles. The van der Waals surface area contributed by atoms with E-state index in [0.29, 0.717) is 5.75 Å². The topological polar surface area (TPSA) is 20.2 Å². The predicted molar refractivity (Wildman–Crippen MR) is 126 cm³/mol. The molecule has 1 aromatic carbocycles. The Morgan fingerprint density at radius 2 is 1.38 bits per heavy atom.